The molecule has 1 aromatic rings. The van der Waals surface area contributed by atoms with Crippen LogP contribution in [0.3, 0.4) is 0 Å². The van der Waals surface area contributed by atoms with Crippen molar-refractivity contribution in [2.75, 3.05) is 18.4 Å². The van der Waals surface area contributed by atoms with Gasteiger partial charge in [0.05, 0.1) is 5.02 Å². The first-order valence-electron chi connectivity index (χ1n) is 5.99. The van der Waals surface area contributed by atoms with Crippen molar-refractivity contribution >= 4 is 23.3 Å². The zero-order valence-electron chi connectivity index (χ0n) is 10.6. The van der Waals surface area contributed by atoms with E-state index in [1.165, 1.54) is 12.1 Å². The third kappa shape index (κ3) is 3.76. The van der Waals surface area contributed by atoms with E-state index in [9.17, 15) is 18.0 Å². The number of hydrogen-bond donors (Lipinski definition) is 1. The largest absolute Gasteiger partial charge is 0.406 e. The molecule has 0 aliphatic carbocycles. The Labute approximate surface area is 123 Å². The number of likely N-dealkylation sites (tertiary alicyclic amines) is 1. The number of carbonyl (C=O) groups is 1. The number of alkyl halides is 3. The molecular weight excluding hydrogens is 309 g/mol. The van der Waals surface area contributed by atoms with E-state index in [-0.39, 0.29) is 29.5 Å². The minimum absolute atomic E-state index is 0.0146. The van der Waals surface area contributed by atoms with Crippen LogP contribution < -0.4 is 5.32 Å². The molecule has 0 spiro atoms. The minimum Gasteiger partial charge on any atom is -0.358 e. The number of aromatic nitrogens is 1. The molecule has 1 aromatic heterocycles. The number of carbonyl (C=O) groups excluding carboxylic acids is 1. The molecule has 1 amide bonds. The minimum atomic E-state index is -4.42. The van der Waals surface area contributed by atoms with Gasteiger partial charge in [-0.1, -0.05) is 11.6 Å². The van der Waals surface area contributed by atoms with Crippen molar-refractivity contribution in [3.63, 3.8) is 0 Å². The smallest absolute Gasteiger partial charge is 0.358 e. The lowest BCUT2D eigenvalue weighted by Gasteiger charge is -2.18. The van der Waals surface area contributed by atoms with E-state index >= 15 is 0 Å². The predicted molar refractivity (Wildman–Crippen MR) is 68.6 cm³/mol. The van der Waals surface area contributed by atoms with Crippen molar-refractivity contribution in [3.8, 4) is 6.07 Å². The van der Waals surface area contributed by atoms with Crippen LogP contribution in [0.4, 0.5) is 19.0 Å². The van der Waals surface area contributed by atoms with Gasteiger partial charge >= 0.3 is 6.18 Å². The highest BCUT2D eigenvalue weighted by atomic mass is 35.5. The van der Waals surface area contributed by atoms with Crippen molar-refractivity contribution < 1.29 is 18.0 Å². The highest BCUT2D eigenvalue weighted by Gasteiger charge is 2.39. The van der Waals surface area contributed by atoms with E-state index in [1.54, 1.807) is 6.07 Å². The summed E-state index contributed by atoms with van der Waals surface area (Å²) in [7, 11) is 0. The van der Waals surface area contributed by atoms with Crippen LogP contribution in [-0.4, -0.2) is 41.1 Å². The fourth-order valence-electron chi connectivity index (χ4n) is 2.03. The second kappa shape index (κ2) is 5.77. The van der Waals surface area contributed by atoms with Crippen LogP contribution >= 0.6 is 11.6 Å². The Morgan fingerprint density at radius 2 is 2.24 bits per heavy atom. The first-order chi connectivity index (χ1) is 9.80. The zero-order valence-corrected chi connectivity index (χ0v) is 11.4. The zero-order chi connectivity index (χ0) is 15.6. The van der Waals surface area contributed by atoms with Crippen LogP contribution in [0.2, 0.25) is 5.02 Å². The lowest BCUT2D eigenvalue weighted by atomic mass is 10.2. The van der Waals surface area contributed by atoms with Gasteiger partial charge in [0.1, 0.15) is 24.5 Å². The van der Waals surface area contributed by atoms with E-state index < -0.39 is 24.7 Å². The standard InChI is InChI=1S/C12H10ClF3N4O/c13-7-1-2-10(19-9(7)5-17)18-8-3-4-20(11(8)21)6-12(14,15)16/h1-2,8H,3-4,6H2,(H,18,19). The molecule has 1 aliphatic rings. The third-order valence-corrected chi connectivity index (χ3v) is 3.25. The van der Waals surface area contributed by atoms with E-state index in [4.69, 9.17) is 16.9 Å². The number of hydrogen-bond acceptors (Lipinski definition) is 4. The molecule has 1 saturated heterocycles. The number of nitrogens with one attached hydrogen (secondary N) is 1. The topological polar surface area (TPSA) is 69.0 Å². The van der Waals surface area contributed by atoms with Crippen LogP contribution in [0.1, 0.15) is 12.1 Å². The highest BCUT2D eigenvalue weighted by Crippen LogP contribution is 2.23. The van der Waals surface area contributed by atoms with Gasteiger partial charge in [-0.15, -0.1) is 0 Å². The number of rotatable bonds is 3. The molecule has 0 radical (unpaired) electrons. The molecule has 5 nitrogen and oxygen atoms in total. The quantitative estimate of drug-likeness (QED) is 0.927. The molecule has 112 valence electrons. The van der Waals surface area contributed by atoms with E-state index in [0.717, 1.165) is 4.90 Å². The molecule has 2 heterocycles. The maximum Gasteiger partial charge on any atom is 0.406 e. The van der Waals surface area contributed by atoms with Crippen LogP contribution in [0.5, 0.6) is 0 Å². The monoisotopic (exact) mass is 318 g/mol. The molecule has 2 rings (SSSR count). The summed E-state index contributed by atoms with van der Waals surface area (Å²) in [5.74, 6) is -0.411. The SMILES string of the molecule is N#Cc1nc(NC2CCN(CC(F)(F)F)C2=O)ccc1Cl. The summed E-state index contributed by atoms with van der Waals surface area (Å²) < 4.78 is 36.9. The molecule has 0 bridgehead atoms. The highest BCUT2D eigenvalue weighted by molar-refractivity contribution is 6.31. The average molecular weight is 319 g/mol. The Hall–Kier alpha value is -2.01. The Morgan fingerprint density at radius 3 is 2.86 bits per heavy atom. The number of anilines is 1. The molecule has 1 unspecified atom stereocenters. The first kappa shape index (κ1) is 15.4. The summed E-state index contributed by atoms with van der Waals surface area (Å²) in [5, 5.41) is 11.7. The average Bonchev–Trinajstić information content (AvgIpc) is 2.72. The summed E-state index contributed by atoms with van der Waals surface area (Å²) in [6, 6.07) is 3.89. The molecule has 1 fully saturated rings. The Balaban J connectivity index is 2.05. The van der Waals surface area contributed by atoms with Crippen molar-refractivity contribution in [3.05, 3.63) is 22.8 Å². The molecule has 1 aliphatic heterocycles. The summed E-state index contributed by atoms with van der Waals surface area (Å²) in [6.07, 6.45) is -4.18. The predicted octanol–water partition coefficient (Wildman–Crippen LogP) is 2.18. The van der Waals surface area contributed by atoms with Gasteiger partial charge in [-0.05, 0) is 18.6 Å². The lowest BCUT2D eigenvalue weighted by molar-refractivity contribution is -0.157. The van der Waals surface area contributed by atoms with Crippen molar-refractivity contribution in [1.82, 2.24) is 9.88 Å². The van der Waals surface area contributed by atoms with Gasteiger partial charge < -0.3 is 10.2 Å². The van der Waals surface area contributed by atoms with Gasteiger partial charge in [0.25, 0.3) is 0 Å². The molecule has 1 N–H and O–H groups in total. The van der Waals surface area contributed by atoms with Crippen molar-refractivity contribution in [2.24, 2.45) is 0 Å². The molecule has 21 heavy (non-hydrogen) atoms. The summed E-state index contributed by atoms with van der Waals surface area (Å²) in [4.78, 5) is 16.5. The number of nitrogens with zero attached hydrogens (tertiary/aromatic N) is 3. The fraction of sp³-hybridized carbons (Fsp3) is 0.417. The maximum absolute atomic E-state index is 12.3. The van der Waals surface area contributed by atoms with Gasteiger partial charge in [0.15, 0.2) is 5.69 Å². The number of nitriles is 1. The molecule has 0 saturated carbocycles. The van der Waals surface area contributed by atoms with Crippen LogP contribution in [0, 0.1) is 11.3 Å². The second-order valence-electron chi connectivity index (χ2n) is 4.50. The normalized spacial score (nSPS) is 18.7. The van der Waals surface area contributed by atoms with Crippen molar-refractivity contribution in [2.45, 2.75) is 18.6 Å². The number of amides is 1. The van der Waals surface area contributed by atoms with Crippen molar-refractivity contribution in [1.29, 1.82) is 5.26 Å². The molecule has 1 atom stereocenters. The molecule has 0 aromatic carbocycles. The Morgan fingerprint density at radius 1 is 1.52 bits per heavy atom. The van der Waals surface area contributed by atoms with Crippen LogP contribution in [0.25, 0.3) is 0 Å². The van der Waals surface area contributed by atoms with E-state index in [1.807, 2.05) is 0 Å². The lowest BCUT2D eigenvalue weighted by Crippen LogP contribution is -2.39. The molecule has 9 heteroatoms. The Kier molecular flexibility index (Phi) is 4.23. The summed E-state index contributed by atoms with van der Waals surface area (Å²) in [5.41, 5.74) is -0.0146. The Bertz CT molecular complexity index is 599. The van der Waals surface area contributed by atoms with E-state index in [2.05, 4.69) is 10.3 Å². The number of halogens is 4. The number of pyridine rings is 1. The van der Waals surface area contributed by atoms with Gasteiger partial charge in [0, 0.05) is 6.54 Å². The van der Waals surface area contributed by atoms with Gasteiger partial charge in [-0.3, -0.25) is 4.79 Å². The van der Waals surface area contributed by atoms with Gasteiger partial charge in [-0.25, -0.2) is 4.98 Å². The first-order valence-corrected chi connectivity index (χ1v) is 6.36. The maximum atomic E-state index is 12.3. The van der Waals surface area contributed by atoms with E-state index in [0.29, 0.717) is 0 Å². The van der Waals surface area contributed by atoms with Crippen LogP contribution in [0.15, 0.2) is 12.1 Å². The molecular formula is C12H10ClF3N4O. The second-order valence-corrected chi connectivity index (χ2v) is 4.91. The summed E-state index contributed by atoms with van der Waals surface area (Å²) >= 11 is 5.72. The summed E-state index contributed by atoms with van der Waals surface area (Å²) in [6.45, 7) is -1.24. The van der Waals surface area contributed by atoms with Crippen LogP contribution in [-0.2, 0) is 4.79 Å². The fourth-order valence-corrected chi connectivity index (χ4v) is 2.17. The van der Waals surface area contributed by atoms with Gasteiger partial charge in [0.2, 0.25) is 5.91 Å². The van der Waals surface area contributed by atoms with Gasteiger partial charge in [-0.2, -0.15) is 18.4 Å². The third-order valence-electron chi connectivity index (χ3n) is 2.94.